The maximum Gasteiger partial charge on any atom is 0.00387 e. The molecule has 1 unspecified atom stereocenters. The molecule has 0 aromatic rings. The average Bonchev–Trinajstić information content (AvgIpc) is 2.35. The largest absolute Gasteiger partial charge is 1.00 e. The Hall–Kier alpha value is 0.250. The zero-order valence-corrected chi connectivity index (χ0v) is 13.0. The van der Waals surface area contributed by atoms with E-state index < -0.39 is 0 Å². The van der Waals surface area contributed by atoms with Crippen LogP contribution in [0.1, 0.15) is 64.7 Å². The van der Waals surface area contributed by atoms with E-state index in [1.807, 2.05) is 0 Å². The van der Waals surface area contributed by atoms with Crippen molar-refractivity contribution < 1.29 is 12.4 Å². The van der Waals surface area contributed by atoms with Crippen molar-refractivity contribution in [3.05, 3.63) is 0 Å². The molecule has 2 N–H and O–H groups in total. The van der Waals surface area contributed by atoms with Gasteiger partial charge >= 0.3 is 0 Å². The summed E-state index contributed by atoms with van der Waals surface area (Å²) in [5.74, 6) is 5.31. The Labute approximate surface area is 124 Å². The SMILES string of the molecule is CC(N)C1CCC2(CC1)C1CC3CC(C1)CC2C3.[Cl-]. The minimum Gasteiger partial charge on any atom is -1.00 e. The standard InChI is InChI=1S/C17H29N.ClH/c1-11(18)14-2-4-17(5-3-14)15-7-12-6-13(9-15)10-16(17)8-12;/h11-16H,2-10,18H2,1H3;1H/p-1. The predicted molar refractivity (Wildman–Crippen MR) is 75.1 cm³/mol. The molecule has 0 amide bonds. The Morgan fingerprint density at radius 1 is 0.895 bits per heavy atom. The van der Waals surface area contributed by atoms with Crippen molar-refractivity contribution in [3.8, 4) is 0 Å². The van der Waals surface area contributed by atoms with E-state index in [9.17, 15) is 0 Å². The lowest BCUT2D eigenvalue weighted by Crippen LogP contribution is -3.00. The summed E-state index contributed by atoms with van der Waals surface area (Å²) in [5.41, 5.74) is 6.92. The Morgan fingerprint density at radius 3 is 1.79 bits per heavy atom. The Bertz CT molecular complexity index is 300. The third-order valence-electron chi connectivity index (χ3n) is 7.47. The van der Waals surface area contributed by atoms with Gasteiger partial charge in [-0.15, -0.1) is 0 Å². The van der Waals surface area contributed by atoms with Gasteiger partial charge in [0, 0.05) is 6.04 Å². The molecule has 0 heterocycles. The van der Waals surface area contributed by atoms with Crippen LogP contribution >= 0.6 is 0 Å². The van der Waals surface area contributed by atoms with E-state index in [0.717, 1.165) is 35.0 Å². The molecule has 0 aliphatic heterocycles. The van der Waals surface area contributed by atoms with Gasteiger partial charge in [0.25, 0.3) is 0 Å². The third-order valence-corrected chi connectivity index (χ3v) is 7.47. The van der Waals surface area contributed by atoms with Gasteiger partial charge in [0.15, 0.2) is 0 Å². The highest BCUT2D eigenvalue weighted by Gasteiger charge is 2.57. The second-order valence-electron chi connectivity index (χ2n) is 8.23. The zero-order chi connectivity index (χ0) is 12.3. The summed E-state index contributed by atoms with van der Waals surface area (Å²) >= 11 is 0. The Morgan fingerprint density at radius 2 is 1.37 bits per heavy atom. The second kappa shape index (κ2) is 4.91. The summed E-state index contributed by atoms with van der Waals surface area (Å²) in [6.07, 6.45) is 13.9. The smallest absolute Gasteiger partial charge is 0.00387 e. The van der Waals surface area contributed by atoms with Gasteiger partial charge in [-0.1, -0.05) is 0 Å². The van der Waals surface area contributed by atoms with E-state index in [0.29, 0.717) is 6.04 Å². The molecule has 0 saturated heterocycles. The highest BCUT2D eigenvalue weighted by atomic mass is 35.5. The van der Waals surface area contributed by atoms with Gasteiger partial charge in [0.05, 0.1) is 0 Å². The molecule has 110 valence electrons. The molecule has 5 rings (SSSR count). The minimum atomic E-state index is 0. The van der Waals surface area contributed by atoms with Gasteiger partial charge in [-0.2, -0.15) is 0 Å². The van der Waals surface area contributed by atoms with E-state index in [4.69, 9.17) is 5.73 Å². The van der Waals surface area contributed by atoms with Crippen LogP contribution in [0.15, 0.2) is 0 Å². The summed E-state index contributed by atoms with van der Waals surface area (Å²) in [6, 6.07) is 0.430. The molecule has 2 heteroatoms. The van der Waals surface area contributed by atoms with Crippen molar-refractivity contribution >= 4 is 0 Å². The van der Waals surface area contributed by atoms with E-state index in [2.05, 4.69) is 6.92 Å². The first-order valence-corrected chi connectivity index (χ1v) is 8.43. The number of hydrogen-bond donors (Lipinski definition) is 1. The lowest BCUT2D eigenvalue weighted by molar-refractivity contribution is -0.132. The van der Waals surface area contributed by atoms with Gasteiger partial charge in [0.2, 0.25) is 0 Å². The molecule has 19 heavy (non-hydrogen) atoms. The van der Waals surface area contributed by atoms with Crippen LogP contribution in [0.5, 0.6) is 0 Å². The minimum absolute atomic E-state index is 0. The Balaban J connectivity index is 0.00000110. The molecular formula is C17H29ClN-. The fraction of sp³-hybridized carbons (Fsp3) is 1.00. The summed E-state index contributed by atoms with van der Waals surface area (Å²) < 4.78 is 0. The van der Waals surface area contributed by atoms with Crippen molar-refractivity contribution in [3.63, 3.8) is 0 Å². The first-order chi connectivity index (χ1) is 8.67. The first kappa shape index (κ1) is 14.2. The number of rotatable bonds is 1. The first-order valence-electron chi connectivity index (χ1n) is 8.43. The lowest BCUT2D eigenvalue weighted by Gasteiger charge is -2.63. The van der Waals surface area contributed by atoms with E-state index >= 15 is 0 Å². The van der Waals surface area contributed by atoms with Crippen LogP contribution in [0, 0.1) is 35.0 Å². The molecule has 5 fully saturated rings. The molecule has 1 nitrogen and oxygen atoms in total. The van der Waals surface area contributed by atoms with Gasteiger partial charge in [-0.3, -0.25) is 0 Å². The normalized spacial score (nSPS) is 53.1. The molecule has 1 spiro atoms. The summed E-state index contributed by atoms with van der Waals surface area (Å²) in [6.45, 7) is 2.22. The van der Waals surface area contributed by atoms with Crippen LogP contribution in [0.2, 0.25) is 0 Å². The maximum atomic E-state index is 6.13. The topological polar surface area (TPSA) is 26.0 Å². The van der Waals surface area contributed by atoms with Gasteiger partial charge < -0.3 is 18.1 Å². The van der Waals surface area contributed by atoms with E-state index in [-0.39, 0.29) is 12.4 Å². The fourth-order valence-corrected chi connectivity index (χ4v) is 6.64. The number of halogens is 1. The van der Waals surface area contributed by atoms with Crippen LogP contribution in [0.4, 0.5) is 0 Å². The molecule has 5 saturated carbocycles. The van der Waals surface area contributed by atoms with Gasteiger partial charge in [0.1, 0.15) is 0 Å². The Kier molecular flexibility index (Phi) is 3.67. The van der Waals surface area contributed by atoms with Gasteiger partial charge in [-0.05, 0) is 99.7 Å². The van der Waals surface area contributed by atoms with Crippen molar-refractivity contribution in [1.82, 2.24) is 0 Å². The summed E-state index contributed by atoms with van der Waals surface area (Å²) in [4.78, 5) is 0. The number of hydrogen-bond acceptors (Lipinski definition) is 1. The van der Waals surface area contributed by atoms with Crippen LogP contribution < -0.4 is 18.1 Å². The van der Waals surface area contributed by atoms with Crippen molar-refractivity contribution in [2.45, 2.75) is 70.8 Å². The van der Waals surface area contributed by atoms with Crippen LogP contribution in [0.25, 0.3) is 0 Å². The highest BCUT2D eigenvalue weighted by Crippen LogP contribution is 2.66. The van der Waals surface area contributed by atoms with Crippen LogP contribution in [-0.4, -0.2) is 6.04 Å². The quantitative estimate of drug-likeness (QED) is 0.762. The molecule has 0 aromatic heterocycles. The van der Waals surface area contributed by atoms with Gasteiger partial charge in [-0.25, -0.2) is 0 Å². The van der Waals surface area contributed by atoms with Crippen LogP contribution in [0.3, 0.4) is 0 Å². The molecule has 5 aliphatic rings. The second-order valence-corrected chi connectivity index (χ2v) is 8.23. The summed E-state index contributed by atoms with van der Waals surface area (Å²) in [7, 11) is 0. The van der Waals surface area contributed by atoms with Crippen molar-refractivity contribution in [2.75, 3.05) is 0 Å². The lowest BCUT2D eigenvalue weighted by atomic mass is 9.42. The molecule has 0 radical (unpaired) electrons. The number of nitrogens with two attached hydrogens (primary N) is 1. The molecule has 4 bridgehead atoms. The molecule has 1 atom stereocenters. The average molecular weight is 283 g/mol. The van der Waals surface area contributed by atoms with E-state index in [1.54, 1.807) is 32.1 Å². The fourth-order valence-electron chi connectivity index (χ4n) is 6.64. The zero-order valence-electron chi connectivity index (χ0n) is 12.3. The summed E-state index contributed by atoms with van der Waals surface area (Å²) in [5, 5.41) is 0. The monoisotopic (exact) mass is 282 g/mol. The maximum absolute atomic E-state index is 6.13. The van der Waals surface area contributed by atoms with E-state index in [1.165, 1.54) is 25.7 Å². The molecule has 0 aromatic carbocycles. The third kappa shape index (κ3) is 2.07. The van der Waals surface area contributed by atoms with Crippen molar-refractivity contribution in [1.29, 1.82) is 0 Å². The van der Waals surface area contributed by atoms with Crippen LogP contribution in [-0.2, 0) is 0 Å². The molecule has 5 aliphatic carbocycles. The highest BCUT2D eigenvalue weighted by molar-refractivity contribution is 5.07. The van der Waals surface area contributed by atoms with Crippen molar-refractivity contribution in [2.24, 2.45) is 40.7 Å². The predicted octanol–water partition coefficient (Wildman–Crippen LogP) is 0.970. The molecular weight excluding hydrogens is 254 g/mol.